The summed E-state index contributed by atoms with van der Waals surface area (Å²) < 4.78 is 1.95. The molecule has 1 N–H and O–H groups in total. The molecular weight excluding hydrogens is 238 g/mol. The van der Waals surface area contributed by atoms with E-state index in [-0.39, 0.29) is 0 Å². The molecule has 5 nitrogen and oxygen atoms in total. The second kappa shape index (κ2) is 5.50. The van der Waals surface area contributed by atoms with Crippen molar-refractivity contribution >= 4 is 0 Å². The van der Waals surface area contributed by atoms with Crippen molar-refractivity contribution in [3.8, 4) is 0 Å². The van der Waals surface area contributed by atoms with E-state index >= 15 is 0 Å². The lowest BCUT2D eigenvalue weighted by Crippen LogP contribution is -2.45. The topological polar surface area (TPSA) is 46.0 Å². The molecule has 3 heterocycles. The zero-order valence-electron chi connectivity index (χ0n) is 11.2. The molecule has 2 aromatic heterocycles. The summed E-state index contributed by atoms with van der Waals surface area (Å²) >= 11 is 0. The molecule has 100 valence electrons. The third-order valence-corrected chi connectivity index (χ3v) is 3.71. The first kappa shape index (κ1) is 12.3. The van der Waals surface area contributed by atoms with Crippen LogP contribution in [0, 0.1) is 0 Å². The fraction of sp³-hybridized carbons (Fsp3) is 0.429. The van der Waals surface area contributed by atoms with Crippen LogP contribution in [0.15, 0.2) is 36.8 Å². The zero-order chi connectivity index (χ0) is 13.1. The van der Waals surface area contributed by atoms with Crippen LogP contribution in [0.1, 0.15) is 17.3 Å². The Bertz CT molecular complexity index is 522. The van der Waals surface area contributed by atoms with Gasteiger partial charge >= 0.3 is 0 Å². The Balaban J connectivity index is 1.80. The van der Waals surface area contributed by atoms with Crippen molar-refractivity contribution in [3.05, 3.63) is 48.0 Å². The van der Waals surface area contributed by atoms with Gasteiger partial charge in [-0.3, -0.25) is 14.6 Å². The number of piperazine rings is 1. The summed E-state index contributed by atoms with van der Waals surface area (Å²) in [5, 5.41) is 7.71. The highest BCUT2D eigenvalue weighted by atomic mass is 15.3. The SMILES string of the molecule is Cn1nccc1CN1CCNCC1c1cccnc1. The maximum absolute atomic E-state index is 4.24. The Morgan fingerprint density at radius 2 is 2.32 bits per heavy atom. The Labute approximate surface area is 113 Å². The van der Waals surface area contributed by atoms with Crippen LogP contribution in [-0.2, 0) is 13.6 Å². The molecule has 0 aliphatic carbocycles. The summed E-state index contributed by atoms with van der Waals surface area (Å²) in [7, 11) is 2.00. The van der Waals surface area contributed by atoms with Gasteiger partial charge in [0.15, 0.2) is 0 Å². The van der Waals surface area contributed by atoms with E-state index in [1.807, 2.05) is 36.4 Å². The van der Waals surface area contributed by atoms with Gasteiger partial charge in [0.1, 0.15) is 0 Å². The van der Waals surface area contributed by atoms with E-state index in [0.29, 0.717) is 6.04 Å². The number of hydrogen-bond donors (Lipinski definition) is 1. The van der Waals surface area contributed by atoms with Crippen LogP contribution in [0.5, 0.6) is 0 Å². The first-order chi connectivity index (χ1) is 9.34. The van der Waals surface area contributed by atoms with Crippen LogP contribution in [-0.4, -0.2) is 39.3 Å². The minimum absolute atomic E-state index is 0.386. The molecule has 1 fully saturated rings. The maximum Gasteiger partial charge on any atom is 0.0521 e. The summed E-state index contributed by atoms with van der Waals surface area (Å²) in [6, 6.07) is 6.63. The normalized spacial score (nSPS) is 20.6. The molecule has 0 aromatic carbocycles. The number of hydrogen-bond acceptors (Lipinski definition) is 4. The summed E-state index contributed by atoms with van der Waals surface area (Å²) in [4.78, 5) is 6.73. The number of aryl methyl sites for hydroxylation is 1. The molecule has 1 unspecified atom stereocenters. The number of pyridine rings is 1. The van der Waals surface area contributed by atoms with Crippen LogP contribution in [0.3, 0.4) is 0 Å². The van der Waals surface area contributed by atoms with Gasteiger partial charge in [0.05, 0.1) is 5.69 Å². The van der Waals surface area contributed by atoms with Crippen LogP contribution in [0.2, 0.25) is 0 Å². The fourth-order valence-electron chi connectivity index (χ4n) is 2.60. The standard InChI is InChI=1S/C14H19N5/c1-18-13(4-6-17-18)11-19-8-7-16-10-14(19)12-3-2-5-15-9-12/h2-6,9,14,16H,7-8,10-11H2,1H3. The summed E-state index contributed by atoms with van der Waals surface area (Å²) in [6.45, 7) is 3.99. The molecule has 0 bridgehead atoms. The summed E-state index contributed by atoms with van der Waals surface area (Å²) in [5.74, 6) is 0. The minimum Gasteiger partial charge on any atom is -0.314 e. The van der Waals surface area contributed by atoms with Crippen molar-refractivity contribution in [1.29, 1.82) is 0 Å². The Hall–Kier alpha value is -1.72. The van der Waals surface area contributed by atoms with Gasteiger partial charge in [0, 0.05) is 57.9 Å². The quantitative estimate of drug-likeness (QED) is 0.889. The van der Waals surface area contributed by atoms with E-state index in [0.717, 1.165) is 26.2 Å². The molecule has 3 rings (SSSR count). The smallest absolute Gasteiger partial charge is 0.0521 e. The molecule has 0 saturated carbocycles. The van der Waals surface area contributed by atoms with Crippen molar-refractivity contribution in [1.82, 2.24) is 25.0 Å². The molecule has 0 radical (unpaired) electrons. The molecular formula is C14H19N5. The van der Waals surface area contributed by atoms with Crippen molar-refractivity contribution in [2.45, 2.75) is 12.6 Å². The highest BCUT2D eigenvalue weighted by molar-refractivity contribution is 5.16. The highest BCUT2D eigenvalue weighted by Gasteiger charge is 2.24. The highest BCUT2D eigenvalue weighted by Crippen LogP contribution is 2.23. The third kappa shape index (κ3) is 2.67. The first-order valence-electron chi connectivity index (χ1n) is 6.66. The largest absolute Gasteiger partial charge is 0.314 e. The van der Waals surface area contributed by atoms with Crippen molar-refractivity contribution in [2.24, 2.45) is 7.05 Å². The molecule has 0 spiro atoms. The second-order valence-corrected chi connectivity index (χ2v) is 4.92. The zero-order valence-corrected chi connectivity index (χ0v) is 11.2. The van der Waals surface area contributed by atoms with Crippen LogP contribution < -0.4 is 5.32 Å². The Morgan fingerprint density at radius 3 is 3.05 bits per heavy atom. The van der Waals surface area contributed by atoms with Gasteiger partial charge < -0.3 is 5.32 Å². The maximum atomic E-state index is 4.24. The predicted molar refractivity (Wildman–Crippen MR) is 73.5 cm³/mol. The first-order valence-corrected chi connectivity index (χ1v) is 6.66. The van der Waals surface area contributed by atoms with E-state index in [1.54, 1.807) is 0 Å². The monoisotopic (exact) mass is 257 g/mol. The summed E-state index contributed by atoms with van der Waals surface area (Å²) in [6.07, 6.45) is 5.65. The number of nitrogens with one attached hydrogen (secondary N) is 1. The molecule has 1 aliphatic rings. The van der Waals surface area contributed by atoms with E-state index in [2.05, 4.69) is 32.4 Å². The molecule has 1 saturated heterocycles. The van der Waals surface area contributed by atoms with E-state index < -0.39 is 0 Å². The third-order valence-electron chi connectivity index (χ3n) is 3.71. The van der Waals surface area contributed by atoms with Crippen LogP contribution in [0.25, 0.3) is 0 Å². The molecule has 19 heavy (non-hydrogen) atoms. The van der Waals surface area contributed by atoms with Gasteiger partial charge in [-0.15, -0.1) is 0 Å². The molecule has 1 atom stereocenters. The Kier molecular flexibility index (Phi) is 3.57. The number of nitrogens with zero attached hydrogens (tertiary/aromatic N) is 4. The van der Waals surface area contributed by atoms with Gasteiger partial charge in [-0.05, 0) is 17.7 Å². The van der Waals surface area contributed by atoms with Crippen molar-refractivity contribution < 1.29 is 0 Å². The minimum atomic E-state index is 0.386. The number of aromatic nitrogens is 3. The molecule has 0 amide bonds. The van der Waals surface area contributed by atoms with E-state index in [9.17, 15) is 0 Å². The van der Waals surface area contributed by atoms with Gasteiger partial charge in [-0.1, -0.05) is 6.07 Å². The van der Waals surface area contributed by atoms with Gasteiger partial charge in [0.25, 0.3) is 0 Å². The lowest BCUT2D eigenvalue weighted by Gasteiger charge is -2.36. The van der Waals surface area contributed by atoms with Gasteiger partial charge in [-0.2, -0.15) is 5.10 Å². The lowest BCUT2D eigenvalue weighted by molar-refractivity contribution is 0.150. The van der Waals surface area contributed by atoms with Gasteiger partial charge in [0.2, 0.25) is 0 Å². The second-order valence-electron chi connectivity index (χ2n) is 4.92. The van der Waals surface area contributed by atoms with Gasteiger partial charge in [-0.25, -0.2) is 0 Å². The molecule has 2 aromatic rings. The van der Waals surface area contributed by atoms with Crippen molar-refractivity contribution in [3.63, 3.8) is 0 Å². The average Bonchev–Trinajstić information content (AvgIpc) is 2.86. The van der Waals surface area contributed by atoms with Crippen LogP contribution in [0.4, 0.5) is 0 Å². The predicted octanol–water partition coefficient (Wildman–Crippen LogP) is 0.962. The summed E-state index contributed by atoms with van der Waals surface area (Å²) in [5.41, 5.74) is 2.52. The van der Waals surface area contributed by atoms with E-state index in [4.69, 9.17) is 0 Å². The lowest BCUT2D eigenvalue weighted by atomic mass is 10.1. The van der Waals surface area contributed by atoms with Crippen molar-refractivity contribution in [2.75, 3.05) is 19.6 Å². The Morgan fingerprint density at radius 1 is 1.37 bits per heavy atom. The van der Waals surface area contributed by atoms with E-state index in [1.165, 1.54) is 11.3 Å². The number of rotatable bonds is 3. The molecule has 1 aliphatic heterocycles. The average molecular weight is 257 g/mol. The fourth-order valence-corrected chi connectivity index (χ4v) is 2.60. The molecule has 5 heteroatoms. The van der Waals surface area contributed by atoms with Crippen LogP contribution >= 0.6 is 0 Å².